The number of carbonyl (C=O) groups excluding carboxylic acids is 1. The van der Waals surface area contributed by atoms with Gasteiger partial charge in [0, 0.05) is 16.5 Å². The number of hydrogen-bond donors (Lipinski definition) is 1. The summed E-state index contributed by atoms with van der Waals surface area (Å²) in [6.45, 7) is 1.65. The molecule has 0 radical (unpaired) electrons. The Morgan fingerprint density at radius 3 is 2.27 bits per heavy atom. The van der Waals surface area contributed by atoms with E-state index in [1.54, 1.807) is 12.1 Å². The number of carbonyl (C=O) groups is 1. The summed E-state index contributed by atoms with van der Waals surface area (Å²) < 4.78 is 32.4. The van der Waals surface area contributed by atoms with Crippen molar-refractivity contribution in [1.29, 1.82) is 0 Å². The van der Waals surface area contributed by atoms with E-state index in [0.717, 1.165) is 39.0 Å². The van der Waals surface area contributed by atoms with Crippen LogP contribution < -0.4 is 5.32 Å². The summed E-state index contributed by atoms with van der Waals surface area (Å²) in [4.78, 5) is 13.6. The van der Waals surface area contributed by atoms with E-state index in [9.17, 15) is 13.6 Å². The molecule has 1 aliphatic rings. The number of halogens is 2. The van der Waals surface area contributed by atoms with Crippen molar-refractivity contribution in [3.05, 3.63) is 83.6 Å². The number of hydrogen-bond acceptors (Lipinski definition) is 3. The average molecular weight is 446 g/mol. The van der Waals surface area contributed by atoms with Crippen LogP contribution in [0.2, 0.25) is 0 Å². The fourth-order valence-corrected chi connectivity index (χ4v) is 4.23. The van der Waals surface area contributed by atoms with Gasteiger partial charge in [0.1, 0.15) is 11.3 Å². The van der Waals surface area contributed by atoms with Gasteiger partial charge in [0.2, 0.25) is 0 Å². The molecule has 4 nitrogen and oxygen atoms in total. The molecule has 0 atom stereocenters. The van der Waals surface area contributed by atoms with E-state index in [0.29, 0.717) is 12.1 Å². The second-order valence-electron chi connectivity index (χ2n) is 8.65. The van der Waals surface area contributed by atoms with Crippen LogP contribution in [-0.4, -0.2) is 36.9 Å². The van der Waals surface area contributed by atoms with Gasteiger partial charge in [0.15, 0.2) is 0 Å². The standard InChI is InChI=1S/C27H24F2N2O2/c1-17-3-5-19(6-4-17)24-13-21(11-22-12-23(14-30-2)33-25(22)24)18-7-9-20(10-8-18)26(32)31-15-27(28,29)16-31/h3-13,30H,14-16H2,1-2H3. The van der Waals surface area contributed by atoms with Crippen LogP contribution in [0.25, 0.3) is 33.2 Å². The molecule has 1 aliphatic heterocycles. The molecule has 1 N–H and O–H groups in total. The van der Waals surface area contributed by atoms with Crippen LogP contribution in [0.1, 0.15) is 21.7 Å². The summed E-state index contributed by atoms with van der Waals surface area (Å²) in [7, 11) is 1.88. The lowest BCUT2D eigenvalue weighted by Crippen LogP contribution is -2.58. The molecular formula is C27H24F2N2O2. The molecule has 168 valence electrons. The van der Waals surface area contributed by atoms with Gasteiger partial charge in [-0.05, 0) is 61.0 Å². The third-order valence-electron chi connectivity index (χ3n) is 5.98. The Kier molecular flexibility index (Phi) is 5.25. The van der Waals surface area contributed by atoms with E-state index >= 15 is 0 Å². The van der Waals surface area contributed by atoms with Crippen molar-refractivity contribution in [3.8, 4) is 22.3 Å². The minimum Gasteiger partial charge on any atom is -0.459 e. The number of benzene rings is 3. The fraction of sp³-hybridized carbons (Fsp3) is 0.222. The molecule has 0 saturated carbocycles. The fourth-order valence-electron chi connectivity index (χ4n) is 4.23. The van der Waals surface area contributed by atoms with Crippen molar-refractivity contribution in [3.63, 3.8) is 0 Å². The first-order valence-corrected chi connectivity index (χ1v) is 10.9. The molecule has 0 spiro atoms. The number of likely N-dealkylation sites (tertiary alicyclic amines) is 1. The normalized spacial score (nSPS) is 15.0. The molecule has 33 heavy (non-hydrogen) atoms. The first kappa shape index (κ1) is 21.3. The summed E-state index contributed by atoms with van der Waals surface area (Å²) in [6, 6.07) is 21.6. The second kappa shape index (κ2) is 8.12. The first-order valence-electron chi connectivity index (χ1n) is 10.9. The van der Waals surface area contributed by atoms with E-state index in [-0.39, 0.29) is 5.91 Å². The zero-order valence-corrected chi connectivity index (χ0v) is 18.5. The molecule has 4 aromatic rings. The van der Waals surface area contributed by atoms with Gasteiger partial charge in [-0.25, -0.2) is 8.78 Å². The lowest BCUT2D eigenvalue weighted by molar-refractivity contribution is -0.113. The molecule has 6 heteroatoms. The molecule has 1 aromatic heterocycles. The van der Waals surface area contributed by atoms with Crippen molar-refractivity contribution < 1.29 is 18.0 Å². The second-order valence-corrected chi connectivity index (χ2v) is 8.65. The molecule has 0 unspecified atom stereocenters. The number of amides is 1. The van der Waals surface area contributed by atoms with E-state index in [1.807, 2.05) is 25.2 Å². The maximum absolute atomic E-state index is 13.1. The highest BCUT2D eigenvalue weighted by molar-refractivity contribution is 5.98. The highest BCUT2D eigenvalue weighted by atomic mass is 19.3. The SMILES string of the molecule is CNCc1cc2cc(-c3ccc(C(=O)N4CC(F)(F)C4)cc3)cc(-c3ccc(C)cc3)c2o1. The number of aryl methyl sites for hydroxylation is 1. The van der Waals surface area contributed by atoms with Crippen LogP contribution in [0.15, 0.2) is 71.1 Å². The third-order valence-corrected chi connectivity index (χ3v) is 5.98. The number of fused-ring (bicyclic) bond motifs is 1. The molecule has 2 heterocycles. The summed E-state index contributed by atoms with van der Waals surface area (Å²) in [6.07, 6.45) is 0. The number of nitrogens with one attached hydrogen (secondary N) is 1. The predicted molar refractivity (Wildman–Crippen MR) is 125 cm³/mol. The Hall–Kier alpha value is -3.51. The van der Waals surface area contributed by atoms with Crippen molar-refractivity contribution in [1.82, 2.24) is 10.2 Å². The Morgan fingerprint density at radius 2 is 1.64 bits per heavy atom. The van der Waals surface area contributed by atoms with Gasteiger partial charge in [-0.3, -0.25) is 4.79 Å². The summed E-state index contributed by atoms with van der Waals surface area (Å²) in [5.41, 5.74) is 6.40. The highest BCUT2D eigenvalue weighted by Crippen LogP contribution is 2.36. The number of furan rings is 1. The van der Waals surface area contributed by atoms with Crippen LogP contribution in [-0.2, 0) is 6.54 Å². The van der Waals surface area contributed by atoms with Crippen molar-refractivity contribution in [2.45, 2.75) is 19.4 Å². The average Bonchev–Trinajstić information content (AvgIpc) is 3.20. The van der Waals surface area contributed by atoms with E-state index in [4.69, 9.17) is 4.42 Å². The van der Waals surface area contributed by atoms with Crippen molar-refractivity contribution in [2.24, 2.45) is 0 Å². The molecule has 1 saturated heterocycles. The molecule has 3 aromatic carbocycles. The lowest BCUT2D eigenvalue weighted by Gasteiger charge is -2.38. The highest BCUT2D eigenvalue weighted by Gasteiger charge is 2.46. The zero-order chi connectivity index (χ0) is 23.2. The van der Waals surface area contributed by atoms with Gasteiger partial charge >= 0.3 is 0 Å². The molecular weight excluding hydrogens is 422 g/mol. The smallest absolute Gasteiger partial charge is 0.282 e. The van der Waals surface area contributed by atoms with Gasteiger partial charge < -0.3 is 14.6 Å². The molecule has 0 aliphatic carbocycles. The van der Waals surface area contributed by atoms with Gasteiger partial charge in [0.05, 0.1) is 19.6 Å². The summed E-state index contributed by atoms with van der Waals surface area (Å²) in [5.74, 6) is -2.28. The van der Waals surface area contributed by atoms with Crippen LogP contribution >= 0.6 is 0 Å². The summed E-state index contributed by atoms with van der Waals surface area (Å²) in [5, 5.41) is 4.12. The van der Waals surface area contributed by atoms with Gasteiger partial charge in [-0.2, -0.15) is 0 Å². The van der Waals surface area contributed by atoms with Crippen LogP contribution in [0.5, 0.6) is 0 Å². The topological polar surface area (TPSA) is 45.5 Å². The molecule has 1 amide bonds. The van der Waals surface area contributed by atoms with E-state index in [1.165, 1.54) is 10.5 Å². The van der Waals surface area contributed by atoms with Gasteiger partial charge in [0.25, 0.3) is 11.8 Å². The van der Waals surface area contributed by atoms with Crippen LogP contribution in [0.3, 0.4) is 0 Å². The number of nitrogens with zero attached hydrogens (tertiary/aromatic N) is 1. The Morgan fingerprint density at radius 1 is 0.970 bits per heavy atom. The van der Waals surface area contributed by atoms with Crippen LogP contribution in [0, 0.1) is 6.92 Å². The Labute approximate surface area is 190 Å². The van der Waals surface area contributed by atoms with E-state index in [2.05, 4.69) is 48.6 Å². The monoisotopic (exact) mass is 446 g/mol. The third kappa shape index (κ3) is 4.14. The maximum Gasteiger partial charge on any atom is 0.282 e. The quantitative estimate of drug-likeness (QED) is 0.416. The molecule has 5 rings (SSSR count). The van der Waals surface area contributed by atoms with E-state index < -0.39 is 19.0 Å². The Balaban J connectivity index is 1.52. The minimum absolute atomic E-state index is 0.366. The summed E-state index contributed by atoms with van der Waals surface area (Å²) >= 11 is 0. The zero-order valence-electron chi connectivity index (χ0n) is 18.5. The van der Waals surface area contributed by atoms with Gasteiger partial charge in [-0.1, -0.05) is 42.0 Å². The van der Waals surface area contributed by atoms with Gasteiger partial charge in [-0.15, -0.1) is 0 Å². The first-order chi connectivity index (χ1) is 15.8. The maximum atomic E-state index is 13.1. The van der Waals surface area contributed by atoms with Crippen LogP contribution in [0.4, 0.5) is 8.78 Å². The number of rotatable bonds is 5. The lowest BCUT2D eigenvalue weighted by atomic mass is 9.95. The molecule has 0 bridgehead atoms. The predicted octanol–water partition coefficient (Wildman–Crippen LogP) is 5.89. The largest absolute Gasteiger partial charge is 0.459 e. The minimum atomic E-state index is -2.77. The van der Waals surface area contributed by atoms with Crippen molar-refractivity contribution >= 4 is 16.9 Å². The Bertz CT molecular complexity index is 1320. The van der Waals surface area contributed by atoms with Crippen molar-refractivity contribution in [2.75, 3.05) is 20.1 Å². The number of alkyl halides is 2. The molecule has 1 fully saturated rings.